The third kappa shape index (κ3) is 7.99. The zero-order valence-electron chi connectivity index (χ0n) is 15.1. The van der Waals surface area contributed by atoms with Gasteiger partial charge in [-0.3, -0.25) is 0 Å². The van der Waals surface area contributed by atoms with Gasteiger partial charge in [0.25, 0.3) is 0 Å². The van der Waals surface area contributed by atoms with E-state index in [1.165, 1.54) is 0 Å². The number of ether oxygens (including phenoxy) is 2. The highest BCUT2D eigenvalue weighted by atomic mass is 16.6. The molecule has 134 valence electrons. The summed E-state index contributed by atoms with van der Waals surface area (Å²) >= 11 is 0. The maximum atomic E-state index is 12.3. The van der Waals surface area contributed by atoms with Gasteiger partial charge in [0.15, 0.2) is 0 Å². The van der Waals surface area contributed by atoms with E-state index in [9.17, 15) is 9.59 Å². The molecule has 0 radical (unpaired) electrons. The molecule has 0 bridgehead atoms. The largest absolute Gasteiger partial charge is 0.458 e. The van der Waals surface area contributed by atoms with Gasteiger partial charge < -0.3 is 14.8 Å². The van der Waals surface area contributed by atoms with Gasteiger partial charge in [-0.15, -0.1) is 0 Å². The van der Waals surface area contributed by atoms with Crippen LogP contribution >= 0.6 is 0 Å². The minimum atomic E-state index is -0.884. The van der Waals surface area contributed by atoms with Gasteiger partial charge in [0.1, 0.15) is 6.61 Å². The lowest BCUT2D eigenvalue weighted by molar-refractivity contribution is -0.155. The number of rotatable bonds is 9. The number of carbonyl (C=O) groups excluding carboxylic acids is 2. The highest BCUT2D eigenvalue weighted by Crippen LogP contribution is 2.12. The number of hydrogen-bond donors (Lipinski definition) is 1. The van der Waals surface area contributed by atoms with E-state index < -0.39 is 18.2 Å². The van der Waals surface area contributed by atoms with Gasteiger partial charge in [-0.05, 0) is 23.8 Å². The Kier molecular flexibility index (Phi) is 8.90. The first-order valence-corrected chi connectivity index (χ1v) is 8.57. The van der Waals surface area contributed by atoms with Crippen molar-refractivity contribution in [2.24, 2.45) is 11.8 Å². The number of esters is 1. The summed E-state index contributed by atoms with van der Waals surface area (Å²) in [5, 5.41) is 2.70. The van der Waals surface area contributed by atoms with Gasteiger partial charge in [-0.1, -0.05) is 64.4 Å². The Bertz CT molecular complexity index is 501. The van der Waals surface area contributed by atoms with Crippen LogP contribution in [-0.2, 0) is 20.9 Å². The quantitative estimate of drug-likeness (QED) is 0.695. The lowest BCUT2D eigenvalue weighted by atomic mass is 10.1. The highest BCUT2D eigenvalue weighted by Gasteiger charge is 2.25. The average molecular weight is 335 g/mol. The summed E-state index contributed by atoms with van der Waals surface area (Å²) < 4.78 is 10.6. The van der Waals surface area contributed by atoms with Crippen molar-refractivity contribution in [1.82, 2.24) is 5.32 Å². The molecule has 0 unspecified atom stereocenters. The van der Waals surface area contributed by atoms with Crippen molar-refractivity contribution < 1.29 is 19.1 Å². The second kappa shape index (κ2) is 10.7. The van der Waals surface area contributed by atoms with Crippen LogP contribution in [0.2, 0.25) is 0 Å². The lowest BCUT2D eigenvalue weighted by Gasteiger charge is -2.19. The van der Waals surface area contributed by atoms with Gasteiger partial charge in [0.05, 0.1) is 0 Å². The molecule has 1 N–H and O–H groups in total. The molecule has 0 aliphatic rings. The molecule has 0 saturated carbocycles. The second-order valence-corrected chi connectivity index (χ2v) is 6.51. The molecule has 0 heterocycles. The summed E-state index contributed by atoms with van der Waals surface area (Å²) in [7, 11) is 0. The fraction of sp³-hybridized carbons (Fsp3) is 0.579. The number of alkyl carbamates (subject to hydrolysis) is 1. The Morgan fingerprint density at radius 1 is 1.12 bits per heavy atom. The molecule has 5 nitrogen and oxygen atoms in total. The van der Waals surface area contributed by atoms with Crippen molar-refractivity contribution in [3.8, 4) is 0 Å². The summed E-state index contributed by atoms with van der Waals surface area (Å²) in [6.07, 6.45) is -0.0533. The van der Waals surface area contributed by atoms with E-state index in [-0.39, 0.29) is 12.5 Å². The molecule has 1 amide bonds. The molecule has 0 spiro atoms. The molecule has 0 aliphatic carbocycles. The van der Waals surface area contributed by atoms with E-state index in [1.807, 2.05) is 51.1 Å². The summed E-state index contributed by atoms with van der Waals surface area (Å²) in [5.74, 6) is 0.0685. The Balaban J connectivity index is 2.53. The molecule has 24 heavy (non-hydrogen) atoms. The Morgan fingerprint density at radius 2 is 1.79 bits per heavy atom. The molecule has 5 heteroatoms. The third-order valence-corrected chi connectivity index (χ3v) is 3.71. The maximum Gasteiger partial charge on any atom is 0.407 e. The first-order valence-electron chi connectivity index (χ1n) is 8.57. The number of hydrogen-bond acceptors (Lipinski definition) is 4. The molecule has 0 saturated heterocycles. The average Bonchev–Trinajstić information content (AvgIpc) is 2.57. The maximum absolute atomic E-state index is 12.3. The van der Waals surface area contributed by atoms with Crippen LogP contribution in [0.1, 0.15) is 46.1 Å². The minimum Gasteiger partial charge on any atom is -0.458 e. The fourth-order valence-corrected chi connectivity index (χ4v) is 2.02. The van der Waals surface area contributed by atoms with Crippen molar-refractivity contribution >= 4 is 12.1 Å². The normalized spacial score (nSPS) is 13.2. The standard InChI is InChI=1S/C19H29NO4/c1-5-15(4)12-20-19(22)24-17(11-14(2)3)18(21)23-13-16-9-7-6-8-10-16/h6-10,14-15,17H,5,11-13H2,1-4H3,(H,20,22)/t15-,17-/m0/s1. The van der Waals surface area contributed by atoms with E-state index >= 15 is 0 Å². The predicted molar refractivity (Wildman–Crippen MR) is 93.4 cm³/mol. The van der Waals surface area contributed by atoms with Gasteiger partial charge in [0, 0.05) is 6.54 Å². The zero-order chi connectivity index (χ0) is 17.9. The van der Waals surface area contributed by atoms with Crippen LogP contribution in [0.25, 0.3) is 0 Å². The van der Waals surface area contributed by atoms with Crippen LogP contribution in [-0.4, -0.2) is 24.7 Å². The Hall–Kier alpha value is -2.04. The molecule has 0 aliphatic heterocycles. The van der Waals surface area contributed by atoms with Crippen LogP contribution in [0, 0.1) is 11.8 Å². The van der Waals surface area contributed by atoms with E-state index in [1.54, 1.807) is 0 Å². The zero-order valence-corrected chi connectivity index (χ0v) is 15.1. The third-order valence-electron chi connectivity index (χ3n) is 3.71. The first kappa shape index (κ1) is 20.0. The molecule has 1 rings (SSSR count). The second-order valence-electron chi connectivity index (χ2n) is 6.51. The number of amides is 1. The van der Waals surface area contributed by atoms with Gasteiger partial charge in [-0.25, -0.2) is 9.59 Å². The summed E-state index contributed by atoms with van der Waals surface area (Å²) in [6.45, 7) is 8.74. The van der Waals surface area contributed by atoms with Crippen LogP contribution in [0.5, 0.6) is 0 Å². The van der Waals surface area contributed by atoms with Gasteiger partial charge in [-0.2, -0.15) is 0 Å². The van der Waals surface area contributed by atoms with Gasteiger partial charge >= 0.3 is 12.1 Å². The Labute approximate surface area is 144 Å². The SMILES string of the molecule is CC[C@H](C)CNC(=O)O[C@@H](CC(C)C)C(=O)OCc1ccccc1. The number of carbonyl (C=O) groups is 2. The first-order chi connectivity index (χ1) is 11.4. The summed E-state index contributed by atoms with van der Waals surface area (Å²) in [6, 6.07) is 9.42. The monoisotopic (exact) mass is 335 g/mol. The number of benzene rings is 1. The topological polar surface area (TPSA) is 64.6 Å². The van der Waals surface area contributed by atoms with Crippen molar-refractivity contribution in [2.75, 3.05) is 6.54 Å². The van der Waals surface area contributed by atoms with Crippen LogP contribution in [0.15, 0.2) is 30.3 Å². The fourth-order valence-electron chi connectivity index (χ4n) is 2.02. The van der Waals surface area contributed by atoms with Crippen molar-refractivity contribution in [2.45, 2.75) is 53.2 Å². The molecule has 1 aromatic carbocycles. The lowest BCUT2D eigenvalue weighted by Crippen LogP contribution is -2.36. The van der Waals surface area contributed by atoms with E-state index in [4.69, 9.17) is 9.47 Å². The molecular formula is C19H29NO4. The minimum absolute atomic E-state index is 0.173. The molecular weight excluding hydrogens is 306 g/mol. The Morgan fingerprint density at radius 3 is 2.38 bits per heavy atom. The van der Waals surface area contributed by atoms with Crippen LogP contribution < -0.4 is 5.32 Å². The van der Waals surface area contributed by atoms with E-state index in [2.05, 4.69) is 12.2 Å². The summed E-state index contributed by atoms with van der Waals surface area (Å²) in [4.78, 5) is 24.1. The van der Waals surface area contributed by atoms with Gasteiger partial charge in [0.2, 0.25) is 6.10 Å². The predicted octanol–water partition coefficient (Wildman–Crippen LogP) is 3.92. The number of nitrogens with one attached hydrogen (secondary N) is 1. The molecule has 0 aromatic heterocycles. The molecule has 2 atom stereocenters. The van der Waals surface area contributed by atoms with Crippen LogP contribution in [0.3, 0.4) is 0 Å². The van der Waals surface area contributed by atoms with E-state index in [0.29, 0.717) is 18.9 Å². The smallest absolute Gasteiger partial charge is 0.407 e. The van der Waals surface area contributed by atoms with Crippen LogP contribution in [0.4, 0.5) is 4.79 Å². The molecule has 1 aromatic rings. The highest BCUT2D eigenvalue weighted by molar-refractivity contribution is 5.78. The van der Waals surface area contributed by atoms with Crippen molar-refractivity contribution in [1.29, 1.82) is 0 Å². The molecule has 0 fully saturated rings. The summed E-state index contributed by atoms with van der Waals surface area (Å²) in [5.41, 5.74) is 0.898. The van der Waals surface area contributed by atoms with Crippen molar-refractivity contribution in [3.63, 3.8) is 0 Å². The van der Waals surface area contributed by atoms with E-state index in [0.717, 1.165) is 12.0 Å². The van der Waals surface area contributed by atoms with Crippen molar-refractivity contribution in [3.05, 3.63) is 35.9 Å².